The van der Waals surface area contributed by atoms with Crippen LogP contribution in [0.1, 0.15) is 43.2 Å². The molecule has 0 radical (unpaired) electrons. The number of nitrogens with zero attached hydrogens (tertiary/aromatic N) is 1. The summed E-state index contributed by atoms with van der Waals surface area (Å²) in [4.78, 5) is 5.01. The van der Waals surface area contributed by atoms with Gasteiger partial charge in [0.25, 0.3) is 0 Å². The lowest BCUT2D eigenvalue weighted by atomic mass is 9.54. The average Bonchev–Trinajstić information content (AvgIpc) is 3.06. The summed E-state index contributed by atoms with van der Waals surface area (Å²) in [6.07, 6.45) is 9.02. The zero-order chi connectivity index (χ0) is 18.1. The van der Waals surface area contributed by atoms with Crippen molar-refractivity contribution in [2.24, 2.45) is 34.4 Å². The Labute approximate surface area is 160 Å². The quantitative estimate of drug-likeness (QED) is 0.429. The number of rotatable bonds is 2. The fraction of sp³-hybridized carbons (Fsp3) is 0.522. The van der Waals surface area contributed by atoms with Crippen LogP contribution in [0.25, 0.3) is 10.8 Å². The summed E-state index contributed by atoms with van der Waals surface area (Å²) >= 11 is 0. The van der Waals surface area contributed by atoms with E-state index in [9.17, 15) is 0 Å². The zero-order valence-electron chi connectivity index (χ0n) is 15.7. The number of nitrogens with two attached hydrogens (primary N) is 2. The molecule has 27 heavy (non-hydrogen) atoms. The van der Waals surface area contributed by atoms with E-state index in [0.29, 0.717) is 12.0 Å². The number of benzene rings is 2. The number of aliphatic imine (C=N–C) groups is 1. The van der Waals surface area contributed by atoms with E-state index in [0.717, 1.165) is 47.9 Å². The smallest absolute Gasteiger partial charge is 0.193 e. The van der Waals surface area contributed by atoms with E-state index in [4.69, 9.17) is 16.5 Å². The second-order valence-electron chi connectivity index (χ2n) is 9.40. The predicted molar refractivity (Wildman–Crippen MR) is 112 cm³/mol. The molecule has 5 N–H and O–H groups in total. The average molecular weight is 361 g/mol. The Morgan fingerprint density at radius 3 is 2.48 bits per heavy atom. The van der Waals surface area contributed by atoms with Gasteiger partial charge in [0, 0.05) is 0 Å². The molecule has 0 heterocycles. The standard InChI is InChI=1S/C23H28N4/c24-19-11-15-3-1-2-14-4-5-18(20(14)15)22(19)27-23(25)26-21-16-7-12-6-13(9-16)10-17(21)8-12/h1-3,11-13,16-17,21H,4-10,24H2,(H3,25,26,27). The Balaban J connectivity index is 1.32. The maximum atomic E-state index is 6.42. The van der Waals surface area contributed by atoms with Crippen molar-refractivity contribution in [3.8, 4) is 0 Å². The van der Waals surface area contributed by atoms with Crippen LogP contribution in [0.5, 0.6) is 0 Å². The van der Waals surface area contributed by atoms with E-state index in [1.807, 2.05) is 0 Å². The topological polar surface area (TPSA) is 76.4 Å². The third kappa shape index (κ3) is 2.38. The Bertz CT molecular complexity index is 932. The number of nitrogen functional groups attached to an aromatic ring is 1. The van der Waals surface area contributed by atoms with Gasteiger partial charge in [-0.25, -0.2) is 4.99 Å². The summed E-state index contributed by atoms with van der Waals surface area (Å²) in [5.41, 5.74) is 17.3. The molecule has 0 aliphatic heterocycles. The maximum absolute atomic E-state index is 6.42. The molecule has 0 aromatic heterocycles. The molecule has 0 atom stereocenters. The van der Waals surface area contributed by atoms with Crippen molar-refractivity contribution in [2.45, 2.75) is 51.0 Å². The summed E-state index contributed by atoms with van der Waals surface area (Å²) in [5.74, 6) is 3.97. The van der Waals surface area contributed by atoms with Crippen molar-refractivity contribution in [3.05, 3.63) is 35.4 Å². The molecule has 4 heteroatoms. The third-order valence-corrected chi connectivity index (χ3v) is 7.75. The van der Waals surface area contributed by atoms with Gasteiger partial charge < -0.3 is 16.8 Å². The van der Waals surface area contributed by atoms with Crippen LogP contribution in [0.4, 0.5) is 11.4 Å². The first-order valence-electron chi connectivity index (χ1n) is 10.6. The second-order valence-corrected chi connectivity index (χ2v) is 9.40. The van der Waals surface area contributed by atoms with Crippen molar-refractivity contribution in [1.29, 1.82) is 0 Å². The molecule has 140 valence electrons. The number of hydrogen-bond donors (Lipinski definition) is 3. The summed E-state index contributed by atoms with van der Waals surface area (Å²) in [7, 11) is 0. The van der Waals surface area contributed by atoms with Crippen molar-refractivity contribution in [1.82, 2.24) is 0 Å². The normalized spacial score (nSPS) is 33.8. The monoisotopic (exact) mass is 360 g/mol. The molecule has 2 aromatic carbocycles. The summed E-state index contributed by atoms with van der Waals surface area (Å²) in [6.45, 7) is 0. The lowest BCUT2D eigenvalue weighted by molar-refractivity contribution is 0.00124. The van der Waals surface area contributed by atoms with Gasteiger partial charge in [-0.3, -0.25) is 0 Å². The number of aryl methyl sites for hydroxylation is 2. The Kier molecular flexibility index (Phi) is 3.30. The van der Waals surface area contributed by atoms with E-state index < -0.39 is 0 Å². The highest BCUT2D eigenvalue weighted by Gasteiger charge is 2.48. The largest absolute Gasteiger partial charge is 0.397 e. The molecule has 2 aromatic rings. The van der Waals surface area contributed by atoms with Gasteiger partial charge in [-0.05, 0) is 96.6 Å². The minimum absolute atomic E-state index is 0.413. The molecule has 0 amide bonds. The first-order valence-corrected chi connectivity index (χ1v) is 10.6. The molecule has 5 aliphatic rings. The van der Waals surface area contributed by atoms with E-state index >= 15 is 0 Å². The van der Waals surface area contributed by atoms with Crippen LogP contribution < -0.4 is 16.8 Å². The van der Waals surface area contributed by atoms with Crippen LogP contribution in [-0.2, 0) is 12.8 Å². The highest BCUT2D eigenvalue weighted by molar-refractivity contribution is 6.04. The molecule has 4 bridgehead atoms. The first-order chi connectivity index (χ1) is 13.2. The van der Waals surface area contributed by atoms with Crippen LogP contribution in [0.3, 0.4) is 0 Å². The number of guanidine groups is 1. The van der Waals surface area contributed by atoms with E-state index in [1.165, 1.54) is 54.0 Å². The zero-order valence-corrected chi connectivity index (χ0v) is 15.7. The van der Waals surface area contributed by atoms with Gasteiger partial charge >= 0.3 is 0 Å². The lowest BCUT2D eigenvalue weighted by Crippen LogP contribution is -2.48. The Hall–Kier alpha value is -2.23. The molecular weight excluding hydrogens is 332 g/mol. The van der Waals surface area contributed by atoms with E-state index in [-0.39, 0.29) is 0 Å². The van der Waals surface area contributed by atoms with Gasteiger partial charge in [0.2, 0.25) is 0 Å². The maximum Gasteiger partial charge on any atom is 0.193 e. The lowest BCUT2D eigenvalue weighted by Gasteiger charge is -2.53. The van der Waals surface area contributed by atoms with Crippen LogP contribution in [-0.4, -0.2) is 12.0 Å². The third-order valence-electron chi connectivity index (χ3n) is 7.75. The molecular formula is C23H28N4. The number of anilines is 2. The van der Waals surface area contributed by atoms with Gasteiger partial charge in [-0.1, -0.05) is 18.2 Å². The molecule has 7 rings (SSSR count). The Morgan fingerprint density at radius 2 is 1.74 bits per heavy atom. The summed E-state index contributed by atoms with van der Waals surface area (Å²) in [5, 5.41) is 6.01. The van der Waals surface area contributed by atoms with Gasteiger partial charge in [-0.15, -0.1) is 0 Å². The van der Waals surface area contributed by atoms with E-state index in [2.05, 4.69) is 29.6 Å². The Morgan fingerprint density at radius 1 is 1.00 bits per heavy atom. The van der Waals surface area contributed by atoms with Gasteiger partial charge in [0.1, 0.15) is 0 Å². The van der Waals surface area contributed by atoms with Gasteiger partial charge in [-0.2, -0.15) is 0 Å². The number of nitrogens with one attached hydrogen (secondary N) is 1. The SMILES string of the molecule is NC(=NC1C2CC3CC(C2)CC1C3)Nc1c(N)cc2cccc3c2c1CC3. The molecule has 0 spiro atoms. The van der Waals surface area contributed by atoms with Crippen LogP contribution in [0, 0.1) is 23.7 Å². The highest BCUT2D eigenvalue weighted by atomic mass is 15.1. The van der Waals surface area contributed by atoms with Crippen molar-refractivity contribution >= 4 is 28.1 Å². The molecule has 0 saturated heterocycles. The molecule has 5 aliphatic carbocycles. The minimum Gasteiger partial charge on any atom is -0.397 e. The first kappa shape index (κ1) is 15.8. The molecule has 0 unspecified atom stereocenters. The van der Waals surface area contributed by atoms with Crippen molar-refractivity contribution in [3.63, 3.8) is 0 Å². The van der Waals surface area contributed by atoms with Crippen molar-refractivity contribution in [2.75, 3.05) is 11.1 Å². The highest BCUT2D eigenvalue weighted by Crippen LogP contribution is 2.54. The van der Waals surface area contributed by atoms with Gasteiger partial charge in [0.05, 0.1) is 17.4 Å². The summed E-state index contributed by atoms with van der Waals surface area (Å²) in [6, 6.07) is 8.99. The second kappa shape index (κ2) is 5.63. The summed E-state index contributed by atoms with van der Waals surface area (Å²) < 4.78 is 0. The van der Waals surface area contributed by atoms with Crippen LogP contribution in [0.2, 0.25) is 0 Å². The minimum atomic E-state index is 0.413. The molecule has 4 nitrogen and oxygen atoms in total. The molecule has 4 fully saturated rings. The van der Waals surface area contributed by atoms with Crippen LogP contribution in [0.15, 0.2) is 29.3 Å². The predicted octanol–water partition coefficient (Wildman–Crippen LogP) is 4.07. The van der Waals surface area contributed by atoms with Crippen LogP contribution >= 0.6 is 0 Å². The fourth-order valence-corrected chi connectivity index (χ4v) is 6.94. The fourth-order valence-electron chi connectivity index (χ4n) is 6.94. The number of hydrogen-bond acceptors (Lipinski definition) is 2. The van der Waals surface area contributed by atoms with E-state index in [1.54, 1.807) is 0 Å². The van der Waals surface area contributed by atoms with Gasteiger partial charge in [0.15, 0.2) is 5.96 Å². The molecule has 4 saturated carbocycles. The van der Waals surface area contributed by atoms with Crippen molar-refractivity contribution < 1.29 is 0 Å².